The molecule has 3 heteroatoms. The van der Waals surface area contributed by atoms with Gasteiger partial charge in [-0.25, -0.2) is 0 Å². The van der Waals surface area contributed by atoms with Crippen molar-refractivity contribution < 1.29 is 4.74 Å². The Balaban J connectivity index is 2.42. The quantitative estimate of drug-likeness (QED) is 0.757. The number of halogens is 1. The second kappa shape index (κ2) is 6.77. The van der Waals surface area contributed by atoms with Gasteiger partial charge in [0.05, 0.1) is 5.02 Å². The zero-order valence-corrected chi connectivity index (χ0v) is 10.8. The van der Waals surface area contributed by atoms with Crippen molar-refractivity contribution in [2.45, 2.75) is 13.8 Å². The maximum atomic E-state index is 6.03. The van der Waals surface area contributed by atoms with E-state index in [1.54, 1.807) is 0 Å². The number of ether oxygens (including phenoxy) is 1. The summed E-state index contributed by atoms with van der Waals surface area (Å²) in [5, 5.41) is 0.632. The fourth-order valence-corrected chi connectivity index (χ4v) is 1.74. The summed E-state index contributed by atoms with van der Waals surface area (Å²) in [5.41, 5.74) is 0.904. The van der Waals surface area contributed by atoms with E-state index < -0.39 is 0 Å². The summed E-state index contributed by atoms with van der Waals surface area (Å²) in [7, 11) is 0. The molecule has 0 bridgehead atoms. The predicted octanol–water partition coefficient (Wildman–Crippen LogP) is 3.24. The van der Waals surface area contributed by atoms with Crippen molar-refractivity contribution in [1.29, 1.82) is 0 Å². The lowest BCUT2D eigenvalue weighted by molar-refractivity contribution is 0.223. The van der Waals surface area contributed by atoms with Crippen LogP contribution in [0.15, 0.2) is 18.2 Å². The molecule has 0 amide bonds. The van der Waals surface area contributed by atoms with E-state index in [0.717, 1.165) is 30.9 Å². The molecular formula is C13H19ClNO. The molecule has 0 fully saturated rings. The number of rotatable bonds is 6. The minimum atomic E-state index is 0.632. The van der Waals surface area contributed by atoms with Crippen LogP contribution in [0.2, 0.25) is 5.02 Å². The predicted molar refractivity (Wildman–Crippen MR) is 69.2 cm³/mol. The highest BCUT2D eigenvalue weighted by molar-refractivity contribution is 6.32. The van der Waals surface area contributed by atoms with Crippen LogP contribution < -0.4 is 4.74 Å². The lowest BCUT2D eigenvalue weighted by Gasteiger charge is -2.18. The lowest BCUT2D eigenvalue weighted by atomic mass is 10.2. The molecule has 0 N–H and O–H groups in total. The fourth-order valence-electron chi connectivity index (χ4n) is 1.49. The van der Waals surface area contributed by atoms with Gasteiger partial charge in [-0.1, -0.05) is 31.5 Å². The average molecular weight is 241 g/mol. The Kier molecular flexibility index (Phi) is 5.64. The van der Waals surface area contributed by atoms with Crippen LogP contribution in [0.1, 0.15) is 19.4 Å². The zero-order chi connectivity index (χ0) is 12.0. The van der Waals surface area contributed by atoms with Crippen LogP contribution in [0, 0.1) is 6.92 Å². The topological polar surface area (TPSA) is 12.5 Å². The molecule has 89 valence electrons. The highest BCUT2D eigenvalue weighted by Gasteiger charge is 2.03. The largest absolute Gasteiger partial charge is 0.491 e. The van der Waals surface area contributed by atoms with Gasteiger partial charge in [-0.15, -0.1) is 0 Å². The second-order valence-electron chi connectivity index (χ2n) is 3.64. The summed E-state index contributed by atoms with van der Waals surface area (Å²) < 4.78 is 5.62. The Hall–Kier alpha value is -0.730. The highest BCUT2D eigenvalue weighted by Crippen LogP contribution is 2.24. The van der Waals surface area contributed by atoms with Gasteiger partial charge in [0.25, 0.3) is 0 Å². The third kappa shape index (κ3) is 4.03. The number of benzene rings is 1. The van der Waals surface area contributed by atoms with Crippen LogP contribution in [0.4, 0.5) is 0 Å². The lowest BCUT2D eigenvalue weighted by Crippen LogP contribution is -2.27. The van der Waals surface area contributed by atoms with Crippen molar-refractivity contribution >= 4 is 11.6 Å². The van der Waals surface area contributed by atoms with Crippen LogP contribution in [0.3, 0.4) is 0 Å². The zero-order valence-electron chi connectivity index (χ0n) is 10.0. The maximum Gasteiger partial charge on any atom is 0.137 e. The molecule has 0 aliphatic heterocycles. The molecule has 0 saturated heterocycles. The van der Waals surface area contributed by atoms with Crippen molar-refractivity contribution in [3.8, 4) is 5.75 Å². The summed E-state index contributed by atoms with van der Waals surface area (Å²) in [6.45, 7) is 11.8. The number of likely N-dealkylation sites (N-methyl/N-ethyl adjacent to an activating group) is 1. The van der Waals surface area contributed by atoms with E-state index in [9.17, 15) is 0 Å². The van der Waals surface area contributed by atoms with E-state index in [4.69, 9.17) is 16.3 Å². The molecule has 16 heavy (non-hydrogen) atoms. The molecule has 1 radical (unpaired) electrons. The third-order valence-corrected chi connectivity index (χ3v) is 2.85. The first kappa shape index (κ1) is 13.3. The number of hydrogen-bond donors (Lipinski definition) is 0. The van der Waals surface area contributed by atoms with E-state index in [0.29, 0.717) is 11.6 Å². The van der Waals surface area contributed by atoms with Crippen molar-refractivity contribution in [3.05, 3.63) is 35.7 Å². The van der Waals surface area contributed by atoms with Crippen molar-refractivity contribution in [2.75, 3.05) is 26.2 Å². The van der Waals surface area contributed by atoms with E-state index in [1.165, 1.54) is 0 Å². The van der Waals surface area contributed by atoms with Gasteiger partial charge in [-0.05, 0) is 37.7 Å². The molecule has 0 aliphatic carbocycles. The summed E-state index contributed by atoms with van der Waals surface area (Å²) in [5.74, 6) is 0.737. The van der Waals surface area contributed by atoms with Gasteiger partial charge in [-0.2, -0.15) is 0 Å². The minimum Gasteiger partial charge on any atom is -0.491 e. The van der Waals surface area contributed by atoms with Gasteiger partial charge in [0.1, 0.15) is 12.4 Å². The minimum absolute atomic E-state index is 0.632. The average Bonchev–Trinajstić information content (AvgIpc) is 2.27. The van der Waals surface area contributed by atoms with Gasteiger partial charge in [0.2, 0.25) is 0 Å². The van der Waals surface area contributed by atoms with Crippen LogP contribution in [0.5, 0.6) is 5.75 Å². The third-order valence-electron chi connectivity index (χ3n) is 2.56. The van der Waals surface area contributed by atoms with Crippen LogP contribution in [-0.2, 0) is 0 Å². The SMILES string of the molecule is [CH2]c1ccc(OCCN(CC)CC)c(Cl)c1. The van der Waals surface area contributed by atoms with Crippen LogP contribution in [-0.4, -0.2) is 31.1 Å². The maximum absolute atomic E-state index is 6.03. The van der Waals surface area contributed by atoms with Gasteiger partial charge < -0.3 is 9.64 Å². The molecule has 0 aromatic heterocycles. The molecule has 1 rings (SSSR count). The van der Waals surface area contributed by atoms with Gasteiger partial charge in [0.15, 0.2) is 0 Å². The first-order chi connectivity index (χ1) is 7.67. The summed E-state index contributed by atoms with van der Waals surface area (Å²) in [6, 6.07) is 5.58. The van der Waals surface area contributed by atoms with Crippen molar-refractivity contribution in [1.82, 2.24) is 4.90 Å². The Morgan fingerprint density at radius 3 is 2.56 bits per heavy atom. The number of nitrogens with zero attached hydrogens (tertiary/aromatic N) is 1. The molecule has 2 nitrogen and oxygen atoms in total. The van der Waals surface area contributed by atoms with E-state index in [2.05, 4.69) is 25.7 Å². The van der Waals surface area contributed by atoms with Crippen LogP contribution >= 0.6 is 11.6 Å². The van der Waals surface area contributed by atoms with E-state index in [1.807, 2.05) is 18.2 Å². The van der Waals surface area contributed by atoms with E-state index in [-0.39, 0.29) is 0 Å². The molecule has 0 spiro atoms. The van der Waals surface area contributed by atoms with Gasteiger partial charge in [-0.3, -0.25) is 0 Å². The first-order valence-corrected chi connectivity index (χ1v) is 6.01. The normalized spacial score (nSPS) is 10.8. The van der Waals surface area contributed by atoms with Crippen molar-refractivity contribution in [3.63, 3.8) is 0 Å². The molecular weight excluding hydrogens is 222 g/mol. The molecule has 0 aliphatic rings. The fraction of sp³-hybridized carbons (Fsp3) is 0.462. The number of hydrogen-bond acceptors (Lipinski definition) is 2. The molecule has 1 aromatic rings. The molecule has 0 atom stereocenters. The molecule has 0 unspecified atom stereocenters. The molecule has 0 heterocycles. The highest BCUT2D eigenvalue weighted by atomic mass is 35.5. The first-order valence-electron chi connectivity index (χ1n) is 5.64. The smallest absolute Gasteiger partial charge is 0.137 e. The standard InChI is InChI=1S/C13H19ClNO/c1-4-15(5-2)8-9-16-13-7-6-11(3)10-12(13)14/h6-7,10H,3-5,8-9H2,1-2H3. The monoisotopic (exact) mass is 240 g/mol. The second-order valence-corrected chi connectivity index (χ2v) is 4.05. The summed E-state index contributed by atoms with van der Waals surface area (Å²) in [6.07, 6.45) is 0. The van der Waals surface area contributed by atoms with E-state index >= 15 is 0 Å². The Bertz CT molecular complexity index is 324. The summed E-state index contributed by atoms with van der Waals surface area (Å²) in [4.78, 5) is 2.31. The van der Waals surface area contributed by atoms with Gasteiger partial charge in [0, 0.05) is 6.54 Å². The Morgan fingerprint density at radius 2 is 2.00 bits per heavy atom. The van der Waals surface area contributed by atoms with Crippen molar-refractivity contribution in [2.24, 2.45) is 0 Å². The molecule has 0 saturated carbocycles. The molecule has 1 aromatic carbocycles. The van der Waals surface area contributed by atoms with Gasteiger partial charge >= 0.3 is 0 Å². The van der Waals surface area contributed by atoms with Crippen LogP contribution in [0.25, 0.3) is 0 Å². The Labute approximate surface area is 103 Å². The Morgan fingerprint density at radius 1 is 1.31 bits per heavy atom. The summed E-state index contributed by atoms with van der Waals surface area (Å²) >= 11 is 6.03.